The van der Waals surface area contributed by atoms with Crippen LogP contribution in [0.25, 0.3) is 27.7 Å². The third-order valence-corrected chi connectivity index (χ3v) is 5.48. The zero-order valence-electron chi connectivity index (χ0n) is 17.7. The van der Waals surface area contributed by atoms with E-state index in [1.165, 1.54) is 6.07 Å². The predicted octanol–water partition coefficient (Wildman–Crippen LogP) is 4.13. The van der Waals surface area contributed by atoms with Crippen LogP contribution >= 0.6 is 0 Å². The molecule has 0 spiro atoms. The van der Waals surface area contributed by atoms with Crippen molar-refractivity contribution < 1.29 is 8.78 Å². The molecule has 1 aromatic carbocycles. The molecule has 0 bridgehead atoms. The van der Waals surface area contributed by atoms with E-state index >= 15 is 0 Å². The number of benzene rings is 1. The molecule has 3 aromatic heterocycles. The second kappa shape index (κ2) is 7.76. The topological polar surface area (TPSA) is 80.6 Å². The monoisotopic (exact) mass is 433 g/mol. The fourth-order valence-corrected chi connectivity index (χ4v) is 4.05. The van der Waals surface area contributed by atoms with Crippen LogP contribution in [-0.4, -0.2) is 31.3 Å². The number of rotatable bonds is 4. The van der Waals surface area contributed by atoms with Crippen molar-refractivity contribution in [2.75, 3.05) is 11.9 Å². The Morgan fingerprint density at radius 1 is 1.19 bits per heavy atom. The molecule has 9 heteroatoms. The van der Waals surface area contributed by atoms with Crippen molar-refractivity contribution in [1.82, 2.24) is 30.0 Å². The first-order valence-corrected chi connectivity index (χ1v) is 10.2. The highest BCUT2D eigenvalue weighted by Gasteiger charge is 2.18. The molecule has 1 aliphatic heterocycles. The molecule has 0 amide bonds. The summed E-state index contributed by atoms with van der Waals surface area (Å²) in [6, 6.07) is 6.73. The SMILES string of the molecule is C=C(C)c1c2cc(-c3nc(Nc4ccc5c(n4)CCNC5)ncc3F)cc(F)c2nn1C. The maximum Gasteiger partial charge on any atom is 0.229 e. The number of halogens is 2. The van der Waals surface area contributed by atoms with E-state index in [9.17, 15) is 8.78 Å². The number of nitrogens with zero attached hydrogens (tertiary/aromatic N) is 5. The number of fused-ring (bicyclic) bond motifs is 2. The molecule has 4 heterocycles. The predicted molar refractivity (Wildman–Crippen MR) is 119 cm³/mol. The van der Waals surface area contributed by atoms with E-state index < -0.39 is 11.6 Å². The summed E-state index contributed by atoms with van der Waals surface area (Å²) in [6.45, 7) is 7.42. The average Bonchev–Trinajstić information content (AvgIpc) is 3.11. The third-order valence-electron chi connectivity index (χ3n) is 5.48. The van der Waals surface area contributed by atoms with Crippen molar-refractivity contribution in [1.29, 1.82) is 0 Å². The summed E-state index contributed by atoms with van der Waals surface area (Å²) in [5.74, 6) is -0.464. The van der Waals surface area contributed by atoms with Gasteiger partial charge < -0.3 is 10.6 Å². The first kappa shape index (κ1) is 20.2. The quantitative estimate of drug-likeness (QED) is 0.504. The zero-order valence-corrected chi connectivity index (χ0v) is 17.7. The number of aromatic nitrogens is 5. The van der Waals surface area contributed by atoms with E-state index in [0.29, 0.717) is 16.9 Å². The molecule has 0 fully saturated rings. The summed E-state index contributed by atoms with van der Waals surface area (Å²) in [5, 5.41) is 11.1. The molecular weight excluding hydrogens is 412 g/mol. The first-order chi connectivity index (χ1) is 15.4. The van der Waals surface area contributed by atoms with Crippen molar-refractivity contribution in [3.05, 3.63) is 65.6 Å². The molecule has 1 aliphatic rings. The van der Waals surface area contributed by atoms with Crippen molar-refractivity contribution in [3.8, 4) is 11.3 Å². The van der Waals surface area contributed by atoms with Crippen LogP contribution in [0.5, 0.6) is 0 Å². The highest BCUT2D eigenvalue weighted by molar-refractivity contribution is 5.93. The van der Waals surface area contributed by atoms with Gasteiger partial charge in [-0.15, -0.1) is 0 Å². The minimum atomic E-state index is -0.653. The first-order valence-electron chi connectivity index (χ1n) is 10.2. The summed E-state index contributed by atoms with van der Waals surface area (Å²) in [7, 11) is 1.72. The Balaban J connectivity index is 1.55. The van der Waals surface area contributed by atoms with Crippen LogP contribution in [0.15, 0.2) is 37.0 Å². The van der Waals surface area contributed by atoms with Crippen LogP contribution in [0.1, 0.15) is 23.9 Å². The third kappa shape index (κ3) is 3.50. The summed E-state index contributed by atoms with van der Waals surface area (Å²) in [4.78, 5) is 13.0. The largest absolute Gasteiger partial charge is 0.312 e. The molecule has 0 atom stereocenters. The van der Waals surface area contributed by atoms with Gasteiger partial charge in [0, 0.05) is 43.2 Å². The molecule has 7 nitrogen and oxygen atoms in total. The van der Waals surface area contributed by atoms with Crippen LogP contribution in [0.3, 0.4) is 0 Å². The number of hydrogen-bond acceptors (Lipinski definition) is 6. The highest BCUT2D eigenvalue weighted by atomic mass is 19.1. The molecule has 0 radical (unpaired) electrons. The van der Waals surface area contributed by atoms with E-state index in [0.717, 1.165) is 42.5 Å². The van der Waals surface area contributed by atoms with Crippen LogP contribution in [0.4, 0.5) is 20.5 Å². The summed E-state index contributed by atoms with van der Waals surface area (Å²) >= 11 is 0. The van der Waals surface area contributed by atoms with E-state index in [1.54, 1.807) is 17.8 Å². The Morgan fingerprint density at radius 2 is 2.03 bits per heavy atom. The lowest BCUT2D eigenvalue weighted by molar-refractivity contribution is 0.617. The molecule has 2 N–H and O–H groups in total. The van der Waals surface area contributed by atoms with E-state index in [1.807, 2.05) is 19.1 Å². The number of pyridine rings is 1. The van der Waals surface area contributed by atoms with Gasteiger partial charge >= 0.3 is 0 Å². The van der Waals surface area contributed by atoms with Gasteiger partial charge in [0.2, 0.25) is 5.95 Å². The average molecular weight is 433 g/mol. The Labute approximate surface area is 183 Å². The zero-order chi connectivity index (χ0) is 22.4. The molecular formula is C23H21F2N7. The number of nitrogens with one attached hydrogen (secondary N) is 2. The lowest BCUT2D eigenvalue weighted by Crippen LogP contribution is -2.24. The second-order valence-electron chi connectivity index (χ2n) is 7.85. The molecule has 4 aromatic rings. The Bertz CT molecular complexity index is 1380. The standard InChI is InChI=1S/C23H21F2N7/c1-12(2)22-15-8-14(9-16(24)21(15)31-32(22)3)20-17(25)11-27-23(30-20)29-19-5-4-13-10-26-7-6-18(13)28-19/h4-5,8-9,11,26H,1,6-7,10H2,2-3H3,(H,27,28,29,30). The van der Waals surface area contributed by atoms with Gasteiger partial charge in [0.15, 0.2) is 11.6 Å². The van der Waals surface area contributed by atoms with E-state index in [4.69, 9.17) is 0 Å². The van der Waals surface area contributed by atoms with Gasteiger partial charge in [0.05, 0.1) is 11.9 Å². The van der Waals surface area contributed by atoms with Gasteiger partial charge in [-0.25, -0.2) is 23.7 Å². The Hall–Kier alpha value is -3.72. The molecule has 0 unspecified atom stereocenters. The summed E-state index contributed by atoms with van der Waals surface area (Å²) in [5.41, 5.74) is 4.05. The minimum Gasteiger partial charge on any atom is -0.312 e. The number of aryl methyl sites for hydroxylation is 1. The van der Waals surface area contributed by atoms with Gasteiger partial charge in [0.1, 0.15) is 17.0 Å². The Morgan fingerprint density at radius 3 is 2.84 bits per heavy atom. The fraction of sp³-hybridized carbons (Fsp3) is 0.217. The molecule has 0 saturated carbocycles. The van der Waals surface area contributed by atoms with Crippen molar-refractivity contribution in [2.45, 2.75) is 19.9 Å². The van der Waals surface area contributed by atoms with Gasteiger partial charge in [-0.05, 0) is 36.3 Å². The number of allylic oxidation sites excluding steroid dienone is 1. The van der Waals surface area contributed by atoms with Crippen molar-refractivity contribution in [3.63, 3.8) is 0 Å². The highest BCUT2D eigenvalue weighted by Crippen LogP contribution is 2.31. The Kier molecular flexibility index (Phi) is 4.90. The van der Waals surface area contributed by atoms with Crippen molar-refractivity contribution >= 4 is 28.2 Å². The van der Waals surface area contributed by atoms with Gasteiger partial charge in [-0.2, -0.15) is 5.10 Å². The molecule has 32 heavy (non-hydrogen) atoms. The van der Waals surface area contributed by atoms with E-state index in [-0.39, 0.29) is 22.7 Å². The van der Waals surface area contributed by atoms with E-state index in [2.05, 4.69) is 37.3 Å². The second-order valence-corrected chi connectivity index (χ2v) is 7.85. The van der Waals surface area contributed by atoms with Crippen LogP contribution in [-0.2, 0) is 20.0 Å². The normalized spacial score (nSPS) is 13.2. The number of hydrogen-bond donors (Lipinski definition) is 2. The maximum atomic E-state index is 14.8. The minimum absolute atomic E-state index is 0.0121. The van der Waals surface area contributed by atoms with Gasteiger partial charge in [-0.1, -0.05) is 12.6 Å². The van der Waals surface area contributed by atoms with Crippen LogP contribution in [0, 0.1) is 11.6 Å². The molecule has 0 aliphatic carbocycles. The van der Waals surface area contributed by atoms with Gasteiger partial charge in [-0.3, -0.25) is 4.68 Å². The maximum absolute atomic E-state index is 14.8. The smallest absolute Gasteiger partial charge is 0.229 e. The lowest BCUT2D eigenvalue weighted by atomic mass is 10.0. The summed E-state index contributed by atoms with van der Waals surface area (Å²) < 4.78 is 31.1. The van der Waals surface area contributed by atoms with Crippen LogP contribution in [0.2, 0.25) is 0 Å². The molecule has 5 rings (SSSR count). The number of anilines is 2. The van der Waals surface area contributed by atoms with Crippen LogP contribution < -0.4 is 10.6 Å². The van der Waals surface area contributed by atoms with Gasteiger partial charge in [0.25, 0.3) is 0 Å². The molecule has 0 saturated heterocycles. The fourth-order valence-electron chi connectivity index (χ4n) is 4.05. The lowest BCUT2D eigenvalue weighted by Gasteiger charge is -2.17. The molecule has 162 valence electrons. The summed E-state index contributed by atoms with van der Waals surface area (Å²) in [6.07, 6.45) is 1.90. The van der Waals surface area contributed by atoms with Crippen molar-refractivity contribution in [2.24, 2.45) is 7.05 Å².